The minimum absolute atomic E-state index is 0.192. The maximum Gasteiger partial charge on any atom is 0.250 e. The van der Waals surface area contributed by atoms with Gasteiger partial charge in [-0.1, -0.05) is 54.2 Å². The second-order valence-electron chi connectivity index (χ2n) is 6.48. The smallest absolute Gasteiger partial charge is 0.250 e. The fourth-order valence-electron chi connectivity index (χ4n) is 2.68. The number of nitrogens with one attached hydrogen (secondary N) is 1. The third-order valence-electron chi connectivity index (χ3n) is 4.21. The second kappa shape index (κ2) is 9.88. The quantitative estimate of drug-likeness (QED) is 0.352. The van der Waals surface area contributed by atoms with Crippen LogP contribution in [0.15, 0.2) is 64.9 Å². The van der Waals surface area contributed by atoms with Gasteiger partial charge in [0.1, 0.15) is 0 Å². The van der Waals surface area contributed by atoms with Crippen LogP contribution >= 0.6 is 11.8 Å². The van der Waals surface area contributed by atoms with Crippen LogP contribution in [-0.2, 0) is 11.3 Å². The Morgan fingerprint density at radius 2 is 1.86 bits per heavy atom. The molecule has 0 fully saturated rings. The fourth-order valence-corrected chi connectivity index (χ4v) is 3.48. The maximum absolute atomic E-state index is 12.1. The lowest BCUT2D eigenvalue weighted by molar-refractivity contribution is -0.118. The van der Waals surface area contributed by atoms with E-state index in [0.717, 1.165) is 29.2 Å². The molecule has 0 radical (unpaired) electrons. The van der Waals surface area contributed by atoms with Gasteiger partial charge in [0.25, 0.3) is 5.91 Å². The summed E-state index contributed by atoms with van der Waals surface area (Å²) in [4.78, 5) is 14.1. The molecule has 1 amide bonds. The van der Waals surface area contributed by atoms with Gasteiger partial charge in [-0.25, -0.2) is 5.43 Å². The summed E-state index contributed by atoms with van der Waals surface area (Å²) < 4.78 is 2.00. The summed E-state index contributed by atoms with van der Waals surface area (Å²) in [5, 5.41) is 13.3. The van der Waals surface area contributed by atoms with Gasteiger partial charge in [-0.15, -0.1) is 10.2 Å². The molecule has 2 aromatic carbocycles. The van der Waals surface area contributed by atoms with Crippen molar-refractivity contribution in [3.8, 4) is 11.4 Å². The van der Waals surface area contributed by atoms with Gasteiger partial charge in [-0.2, -0.15) is 5.10 Å². The van der Waals surface area contributed by atoms with E-state index in [0.29, 0.717) is 5.16 Å². The summed E-state index contributed by atoms with van der Waals surface area (Å²) in [5.74, 6) is 0.822. The molecule has 0 aliphatic carbocycles. The number of hydrogen-bond acceptors (Lipinski definition) is 6. The lowest BCUT2D eigenvalue weighted by Crippen LogP contribution is -2.20. The molecule has 7 nitrogen and oxygen atoms in total. The molecule has 29 heavy (non-hydrogen) atoms. The van der Waals surface area contributed by atoms with Crippen LogP contribution in [0.2, 0.25) is 0 Å². The largest absolute Gasteiger partial charge is 0.378 e. The maximum atomic E-state index is 12.1. The zero-order valence-electron chi connectivity index (χ0n) is 16.7. The molecular formula is C21H24N6OS. The molecule has 0 bridgehead atoms. The summed E-state index contributed by atoms with van der Waals surface area (Å²) in [6.45, 7) is 2.76. The number of nitrogens with zero attached hydrogens (tertiary/aromatic N) is 5. The molecule has 0 saturated carbocycles. The number of anilines is 1. The van der Waals surface area contributed by atoms with E-state index in [1.54, 1.807) is 6.21 Å². The third kappa shape index (κ3) is 5.45. The molecule has 0 aliphatic heterocycles. The van der Waals surface area contributed by atoms with Crippen molar-refractivity contribution in [2.45, 2.75) is 18.6 Å². The first kappa shape index (κ1) is 20.6. The van der Waals surface area contributed by atoms with Gasteiger partial charge < -0.3 is 9.47 Å². The first-order valence-corrected chi connectivity index (χ1v) is 10.3. The van der Waals surface area contributed by atoms with E-state index >= 15 is 0 Å². The average Bonchev–Trinajstić information content (AvgIpc) is 3.16. The van der Waals surface area contributed by atoms with Gasteiger partial charge >= 0.3 is 0 Å². The van der Waals surface area contributed by atoms with E-state index in [1.165, 1.54) is 11.8 Å². The van der Waals surface area contributed by atoms with E-state index in [1.807, 2.05) is 85.1 Å². The zero-order chi connectivity index (χ0) is 20.6. The molecule has 1 N–H and O–H groups in total. The number of aromatic nitrogens is 3. The highest BCUT2D eigenvalue weighted by Crippen LogP contribution is 2.23. The fraction of sp³-hybridized carbons (Fsp3) is 0.238. The molecule has 0 unspecified atom stereocenters. The summed E-state index contributed by atoms with van der Waals surface area (Å²) in [6.07, 6.45) is 1.63. The van der Waals surface area contributed by atoms with Crippen molar-refractivity contribution in [3.05, 3.63) is 60.2 Å². The van der Waals surface area contributed by atoms with Gasteiger partial charge in [0.2, 0.25) is 0 Å². The Labute approximate surface area is 174 Å². The van der Waals surface area contributed by atoms with Crippen LogP contribution in [0.5, 0.6) is 0 Å². The molecule has 8 heteroatoms. The minimum atomic E-state index is -0.192. The van der Waals surface area contributed by atoms with Crippen LogP contribution in [0.3, 0.4) is 0 Å². The zero-order valence-corrected chi connectivity index (χ0v) is 17.6. The standard InChI is InChI=1S/C21H24N6OS/c1-4-27-20(17-8-6-5-7-9-17)24-25-21(27)29-15-19(28)23-22-14-16-10-12-18(13-11-16)26(2)3/h5-14H,4,15H2,1-3H3,(H,23,28)/b22-14+. The minimum Gasteiger partial charge on any atom is -0.378 e. The van der Waals surface area contributed by atoms with Crippen LogP contribution in [0.25, 0.3) is 11.4 Å². The molecule has 1 aromatic heterocycles. The van der Waals surface area contributed by atoms with E-state index in [2.05, 4.69) is 20.7 Å². The number of amides is 1. The number of hydrazone groups is 1. The number of thioether (sulfide) groups is 1. The Kier molecular flexibility index (Phi) is 7.02. The molecule has 1 heterocycles. The van der Waals surface area contributed by atoms with Gasteiger partial charge in [-0.3, -0.25) is 4.79 Å². The highest BCUT2D eigenvalue weighted by atomic mass is 32.2. The van der Waals surface area contributed by atoms with Crippen LogP contribution in [0, 0.1) is 0 Å². The van der Waals surface area contributed by atoms with Crippen molar-refractivity contribution in [2.24, 2.45) is 5.10 Å². The number of rotatable bonds is 8. The Hall–Kier alpha value is -3.13. The molecule has 150 valence electrons. The molecule has 3 aromatic rings. The third-order valence-corrected chi connectivity index (χ3v) is 5.18. The van der Waals surface area contributed by atoms with Crippen LogP contribution in [-0.4, -0.2) is 46.7 Å². The summed E-state index contributed by atoms with van der Waals surface area (Å²) >= 11 is 1.34. The number of benzene rings is 2. The first-order valence-electron chi connectivity index (χ1n) is 9.29. The van der Waals surface area contributed by atoms with Crippen LogP contribution < -0.4 is 10.3 Å². The van der Waals surface area contributed by atoms with Crippen molar-refractivity contribution >= 4 is 29.6 Å². The molecule has 0 aliphatic rings. The molecule has 0 atom stereocenters. The summed E-state index contributed by atoms with van der Waals surface area (Å²) in [6, 6.07) is 17.8. The van der Waals surface area contributed by atoms with Crippen LogP contribution in [0.4, 0.5) is 5.69 Å². The summed E-state index contributed by atoms with van der Waals surface area (Å²) in [7, 11) is 3.98. The van der Waals surface area contributed by atoms with E-state index in [4.69, 9.17) is 0 Å². The van der Waals surface area contributed by atoms with Gasteiger partial charge in [0.15, 0.2) is 11.0 Å². The van der Waals surface area contributed by atoms with Crippen molar-refractivity contribution in [2.75, 3.05) is 24.7 Å². The van der Waals surface area contributed by atoms with Crippen molar-refractivity contribution in [1.29, 1.82) is 0 Å². The highest BCUT2D eigenvalue weighted by molar-refractivity contribution is 7.99. The predicted octanol–water partition coefficient (Wildman–Crippen LogP) is 3.27. The van der Waals surface area contributed by atoms with Crippen LogP contribution in [0.1, 0.15) is 12.5 Å². The van der Waals surface area contributed by atoms with E-state index < -0.39 is 0 Å². The molecule has 0 saturated heterocycles. The summed E-state index contributed by atoms with van der Waals surface area (Å²) in [5.41, 5.74) is 5.59. The van der Waals surface area contributed by atoms with Gasteiger partial charge in [0.05, 0.1) is 12.0 Å². The number of hydrogen-bond donors (Lipinski definition) is 1. The Morgan fingerprint density at radius 3 is 2.52 bits per heavy atom. The Balaban J connectivity index is 1.55. The first-order chi connectivity index (χ1) is 14.1. The molecule has 3 rings (SSSR count). The second-order valence-corrected chi connectivity index (χ2v) is 7.43. The highest BCUT2D eigenvalue weighted by Gasteiger charge is 2.14. The van der Waals surface area contributed by atoms with Crippen molar-refractivity contribution in [3.63, 3.8) is 0 Å². The Bertz CT molecular complexity index is 967. The normalized spacial score (nSPS) is 11.0. The predicted molar refractivity (Wildman–Crippen MR) is 118 cm³/mol. The molecule has 0 spiro atoms. The monoisotopic (exact) mass is 408 g/mol. The van der Waals surface area contributed by atoms with Crippen molar-refractivity contribution < 1.29 is 4.79 Å². The van der Waals surface area contributed by atoms with Gasteiger partial charge in [-0.05, 0) is 24.6 Å². The topological polar surface area (TPSA) is 75.4 Å². The SMILES string of the molecule is CCn1c(SCC(=O)N/N=C/c2ccc(N(C)C)cc2)nnc1-c1ccccc1. The Morgan fingerprint density at radius 1 is 1.14 bits per heavy atom. The molecular weight excluding hydrogens is 384 g/mol. The van der Waals surface area contributed by atoms with Crippen molar-refractivity contribution in [1.82, 2.24) is 20.2 Å². The number of carbonyl (C=O) groups excluding carboxylic acids is 1. The van der Waals surface area contributed by atoms with E-state index in [-0.39, 0.29) is 11.7 Å². The van der Waals surface area contributed by atoms with Gasteiger partial charge in [0, 0.05) is 31.9 Å². The number of carbonyl (C=O) groups is 1. The average molecular weight is 409 g/mol. The van der Waals surface area contributed by atoms with E-state index in [9.17, 15) is 4.79 Å². The lowest BCUT2D eigenvalue weighted by atomic mass is 10.2. The lowest BCUT2D eigenvalue weighted by Gasteiger charge is -2.11.